The Hall–Kier alpha value is -3.56. The molecular formula is C30H29FN4O. The number of nitriles is 1. The van der Waals surface area contributed by atoms with Crippen molar-refractivity contribution in [3.05, 3.63) is 89.6 Å². The molecule has 0 unspecified atom stereocenters. The highest BCUT2D eigenvalue weighted by molar-refractivity contribution is 5.82. The van der Waals surface area contributed by atoms with Crippen molar-refractivity contribution in [1.29, 1.82) is 5.26 Å². The molecule has 2 aliphatic rings. The topological polar surface area (TPSA) is 74.7 Å². The summed E-state index contributed by atoms with van der Waals surface area (Å²) in [6.07, 6.45) is 9.79. The van der Waals surface area contributed by atoms with Crippen molar-refractivity contribution in [3.63, 3.8) is 0 Å². The molecule has 3 atom stereocenters. The second-order valence-corrected chi connectivity index (χ2v) is 10.6. The van der Waals surface area contributed by atoms with Crippen LogP contribution in [0.25, 0.3) is 16.6 Å². The van der Waals surface area contributed by atoms with Gasteiger partial charge in [0.1, 0.15) is 5.82 Å². The monoisotopic (exact) mass is 480 g/mol. The smallest absolute Gasteiger partial charge is 0.123 e. The van der Waals surface area contributed by atoms with E-state index in [1.54, 1.807) is 12.1 Å². The normalized spacial score (nSPS) is 25.5. The highest BCUT2D eigenvalue weighted by Crippen LogP contribution is 2.54. The summed E-state index contributed by atoms with van der Waals surface area (Å²) in [5.74, 6) is -0.00214. The van der Waals surface area contributed by atoms with Crippen molar-refractivity contribution < 1.29 is 9.50 Å². The lowest BCUT2D eigenvalue weighted by Crippen LogP contribution is -2.49. The van der Waals surface area contributed by atoms with Crippen LogP contribution in [-0.4, -0.2) is 25.5 Å². The van der Waals surface area contributed by atoms with Gasteiger partial charge in [-0.15, -0.1) is 0 Å². The van der Waals surface area contributed by atoms with E-state index in [0.29, 0.717) is 12.8 Å². The number of halogens is 1. The van der Waals surface area contributed by atoms with Crippen LogP contribution in [-0.2, 0) is 18.3 Å². The first-order valence-corrected chi connectivity index (χ1v) is 12.8. The van der Waals surface area contributed by atoms with Crippen LogP contribution in [0.5, 0.6) is 0 Å². The molecule has 2 aromatic heterocycles. The van der Waals surface area contributed by atoms with Gasteiger partial charge >= 0.3 is 0 Å². The fraction of sp³-hybridized carbons (Fsp3) is 0.367. The Morgan fingerprint density at radius 3 is 2.78 bits per heavy atom. The van der Waals surface area contributed by atoms with E-state index in [1.165, 1.54) is 23.3 Å². The van der Waals surface area contributed by atoms with E-state index >= 15 is 0 Å². The average Bonchev–Trinajstić information content (AvgIpc) is 3.23. The van der Waals surface area contributed by atoms with E-state index in [2.05, 4.69) is 34.4 Å². The molecule has 6 rings (SSSR count). The number of pyridine rings is 1. The Labute approximate surface area is 210 Å². The molecule has 0 saturated heterocycles. The first-order chi connectivity index (χ1) is 17.5. The molecule has 2 aliphatic carbocycles. The van der Waals surface area contributed by atoms with Gasteiger partial charge in [0, 0.05) is 22.7 Å². The van der Waals surface area contributed by atoms with Crippen LogP contribution in [0.1, 0.15) is 55.3 Å². The molecule has 1 N–H and O–H groups in total. The number of aliphatic hydroxyl groups is 1. The minimum atomic E-state index is -0.922. The van der Waals surface area contributed by atoms with Gasteiger partial charge in [-0.05, 0) is 111 Å². The third-order valence-electron chi connectivity index (χ3n) is 8.47. The second kappa shape index (κ2) is 8.83. The van der Waals surface area contributed by atoms with Gasteiger partial charge in [0.2, 0.25) is 0 Å². The molecule has 4 aromatic rings. The summed E-state index contributed by atoms with van der Waals surface area (Å²) in [6, 6.07) is 19.3. The van der Waals surface area contributed by atoms with Gasteiger partial charge in [0.05, 0.1) is 35.5 Å². The number of aryl methyl sites for hydroxylation is 1. The number of benzene rings is 2. The Morgan fingerprint density at radius 2 is 2.00 bits per heavy atom. The number of nitrogens with zero attached hydrogens (tertiary/aromatic N) is 4. The zero-order valence-electron chi connectivity index (χ0n) is 20.2. The summed E-state index contributed by atoms with van der Waals surface area (Å²) in [4.78, 5) is 4.69. The van der Waals surface area contributed by atoms with Crippen LogP contribution in [0.3, 0.4) is 0 Å². The minimum Gasteiger partial charge on any atom is -0.389 e. The molecule has 0 radical (unpaired) electrons. The van der Waals surface area contributed by atoms with Crippen molar-refractivity contribution in [2.75, 3.05) is 0 Å². The van der Waals surface area contributed by atoms with Gasteiger partial charge in [-0.1, -0.05) is 6.07 Å². The summed E-state index contributed by atoms with van der Waals surface area (Å²) in [6.45, 7) is 0. The molecule has 2 aromatic carbocycles. The Morgan fingerprint density at radius 1 is 1.14 bits per heavy atom. The maximum Gasteiger partial charge on any atom is 0.123 e. The quantitative estimate of drug-likeness (QED) is 0.399. The molecule has 1 fully saturated rings. The molecule has 0 aliphatic heterocycles. The predicted molar refractivity (Wildman–Crippen MR) is 136 cm³/mol. The van der Waals surface area contributed by atoms with Crippen molar-refractivity contribution in [2.24, 2.45) is 5.92 Å². The van der Waals surface area contributed by atoms with E-state index in [9.17, 15) is 14.8 Å². The summed E-state index contributed by atoms with van der Waals surface area (Å²) in [7, 11) is 0. The Bertz CT molecular complexity index is 1440. The molecule has 0 bridgehead atoms. The van der Waals surface area contributed by atoms with Gasteiger partial charge < -0.3 is 5.11 Å². The van der Waals surface area contributed by atoms with Crippen LogP contribution in [0.4, 0.5) is 4.39 Å². The fourth-order valence-electron chi connectivity index (χ4n) is 6.72. The van der Waals surface area contributed by atoms with Crippen LogP contribution in [0.15, 0.2) is 67.0 Å². The Balaban J connectivity index is 1.50. The number of aromatic nitrogens is 3. The molecule has 5 nitrogen and oxygen atoms in total. The molecule has 0 amide bonds. The van der Waals surface area contributed by atoms with Crippen LogP contribution in [0, 0.1) is 23.1 Å². The average molecular weight is 481 g/mol. The first kappa shape index (κ1) is 22.9. The van der Waals surface area contributed by atoms with E-state index in [0.717, 1.165) is 54.4 Å². The maximum atomic E-state index is 13.5. The largest absolute Gasteiger partial charge is 0.389 e. The van der Waals surface area contributed by atoms with Gasteiger partial charge in [0.15, 0.2) is 0 Å². The zero-order chi connectivity index (χ0) is 24.8. The first-order valence-electron chi connectivity index (χ1n) is 12.8. The SMILES string of the molecule is N#CC[C@]1(O)CC[C@]2(Cc3ccccn3)c3cc4cnn(-c5ccc(F)cc5)c4cc3CCC[C@@H]2C1. The van der Waals surface area contributed by atoms with Crippen molar-refractivity contribution in [3.8, 4) is 11.8 Å². The molecule has 1 saturated carbocycles. The third kappa shape index (κ3) is 3.88. The molecule has 2 heterocycles. The molecular weight excluding hydrogens is 451 g/mol. The highest BCUT2D eigenvalue weighted by atomic mass is 19.1. The van der Waals surface area contributed by atoms with E-state index in [-0.39, 0.29) is 23.6 Å². The lowest BCUT2D eigenvalue weighted by Gasteiger charge is -2.50. The van der Waals surface area contributed by atoms with Crippen LogP contribution >= 0.6 is 0 Å². The van der Waals surface area contributed by atoms with Gasteiger partial charge in [-0.3, -0.25) is 4.98 Å². The van der Waals surface area contributed by atoms with Gasteiger partial charge in [-0.25, -0.2) is 9.07 Å². The molecule has 36 heavy (non-hydrogen) atoms. The maximum absolute atomic E-state index is 13.5. The summed E-state index contributed by atoms with van der Waals surface area (Å²) < 4.78 is 15.4. The molecule has 182 valence electrons. The number of hydrogen-bond donors (Lipinski definition) is 1. The second-order valence-electron chi connectivity index (χ2n) is 10.6. The molecule has 6 heteroatoms. The van der Waals surface area contributed by atoms with Crippen molar-refractivity contribution >= 4 is 10.9 Å². The zero-order valence-corrected chi connectivity index (χ0v) is 20.2. The summed E-state index contributed by atoms with van der Waals surface area (Å²) in [5, 5.41) is 26.4. The van der Waals surface area contributed by atoms with E-state index < -0.39 is 5.60 Å². The number of fused-ring (bicyclic) bond motifs is 4. The number of rotatable bonds is 4. The Kier molecular flexibility index (Phi) is 5.61. The lowest BCUT2D eigenvalue weighted by atomic mass is 9.56. The summed E-state index contributed by atoms with van der Waals surface area (Å²) >= 11 is 0. The minimum absolute atomic E-state index is 0.159. The third-order valence-corrected chi connectivity index (χ3v) is 8.47. The van der Waals surface area contributed by atoms with Crippen LogP contribution in [0.2, 0.25) is 0 Å². The van der Waals surface area contributed by atoms with Gasteiger partial charge in [-0.2, -0.15) is 10.4 Å². The highest BCUT2D eigenvalue weighted by Gasteiger charge is 2.51. The predicted octanol–water partition coefficient (Wildman–Crippen LogP) is 5.82. The number of hydrogen-bond acceptors (Lipinski definition) is 4. The van der Waals surface area contributed by atoms with E-state index in [4.69, 9.17) is 0 Å². The van der Waals surface area contributed by atoms with Crippen molar-refractivity contribution in [1.82, 2.24) is 14.8 Å². The van der Waals surface area contributed by atoms with Crippen LogP contribution < -0.4 is 0 Å². The van der Waals surface area contributed by atoms with Gasteiger partial charge in [0.25, 0.3) is 0 Å². The van der Waals surface area contributed by atoms with E-state index in [1.807, 2.05) is 29.2 Å². The standard InChI is InChI=1S/C30H29FN4O/c31-24-7-9-26(10-8-24)35-28-17-21-4-3-5-23-18-29(36,13-14-32)11-12-30(23,19-25-6-1-2-15-33-25)27(21)16-22(28)20-34-35/h1-2,6-10,15-17,20,23,36H,3-5,11-13,18-19H2/t23-,29-,30-/m1/s1. The molecule has 0 spiro atoms. The fourth-order valence-corrected chi connectivity index (χ4v) is 6.72. The summed E-state index contributed by atoms with van der Waals surface area (Å²) in [5.41, 5.74) is 4.48. The lowest BCUT2D eigenvalue weighted by molar-refractivity contribution is -0.0439. The van der Waals surface area contributed by atoms with Crippen molar-refractivity contribution in [2.45, 2.75) is 62.4 Å².